The van der Waals surface area contributed by atoms with E-state index in [0.717, 1.165) is 50.5 Å². The molecule has 134 valence electrons. The van der Waals surface area contributed by atoms with Gasteiger partial charge < -0.3 is 9.30 Å². The van der Waals surface area contributed by atoms with Crippen molar-refractivity contribution >= 4 is 11.6 Å². The van der Waals surface area contributed by atoms with Crippen molar-refractivity contribution in [2.45, 2.75) is 13.3 Å². The normalized spacial score (nSPS) is 15.5. The third kappa shape index (κ3) is 3.48. The summed E-state index contributed by atoms with van der Waals surface area (Å²) in [5, 5.41) is 0. The van der Waals surface area contributed by atoms with Crippen molar-refractivity contribution in [3.8, 4) is 0 Å². The first kappa shape index (κ1) is 16.8. The van der Waals surface area contributed by atoms with Crippen molar-refractivity contribution in [3.63, 3.8) is 0 Å². The molecular weight excluding hydrogens is 324 g/mol. The Bertz CT molecular complexity index is 895. The summed E-state index contributed by atoms with van der Waals surface area (Å²) in [4.78, 5) is 21.7. The summed E-state index contributed by atoms with van der Waals surface area (Å²) < 4.78 is 1.98. The molecule has 1 fully saturated rings. The van der Waals surface area contributed by atoms with Gasteiger partial charge in [-0.3, -0.25) is 9.69 Å². The third-order valence-corrected chi connectivity index (χ3v) is 5.13. The van der Waals surface area contributed by atoms with Gasteiger partial charge in [-0.2, -0.15) is 0 Å². The summed E-state index contributed by atoms with van der Waals surface area (Å²) in [6, 6.07) is 16.5. The second kappa shape index (κ2) is 7.30. The maximum absolute atomic E-state index is 12.8. The van der Waals surface area contributed by atoms with Crippen LogP contribution in [-0.2, 0) is 6.42 Å². The molecule has 0 unspecified atom stereocenters. The number of imidazole rings is 1. The van der Waals surface area contributed by atoms with Crippen molar-refractivity contribution < 1.29 is 4.79 Å². The van der Waals surface area contributed by atoms with Gasteiger partial charge in [-0.15, -0.1) is 0 Å². The molecule has 1 saturated heterocycles. The van der Waals surface area contributed by atoms with Crippen LogP contribution in [0.5, 0.6) is 0 Å². The molecular formula is C21H24N4O. The number of piperazine rings is 1. The summed E-state index contributed by atoms with van der Waals surface area (Å²) in [5.74, 6) is 0.0378. The number of fused-ring (bicyclic) bond motifs is 1. The first-order valence-corrected chi connectivity index (χ1v) is 9.21. The molecule has 1 aromatic carbocycles. The Kier molecular flexibility index (Phi) is 4.71. The van der Waals surface area contributed by atoms with Gasteiger partial charge in [0.15, 0.2) is 0 Å². The van der Waals surface area contributed by atoms with Crippen LogP contribution in [0, 0.1) is 6.92 Å². The van der Waals surface area contributed by atoms with E-state index < -0.39 is 0 Å². The highest BCUT2D eigenvalue weighted by Gasteiger charge is 2.23. The molecule has 0 N–H and O–H groups in total. The molecule has 5 heteroatoms. The smallest absolute Gasteiger partial charge is 0.274 e. The monoisotopic (exact) mass is 348 g/mol. The van der Waals surface area contributed by atoms with Gasteiger partial charge in [0.2, 0.25) is 0 Å². The van der Waals surface area contributed by atoms with E-state index in [-0.39, 0.29) is 5.91 Å². The second-order valence-electron chi connectivity index (χ2n) is 6.89. The fourth-order valence-corrected chi connectivity index (χ4v) is 3.52. The lowest BCUT2D eigenvalue weighted by Gasteiger charge is -2.34. The summed E-state index contributed by atoms with van der Waals surface area (Å²) in [6.45, 7) is 6.44. The quantitative estimate of drug-likeness (QED) is 0.728. The largest absolute Gasteiger partial charge is 0.335 e. The van der Waals surface area contributed by atoms with Gasteiger partial charge in [0.05, 0.1) is 0 Å². The highest BCUT2D eigenvalue weighted by molar-refractivity contribution is 5.93. The number of amides is 1. The van der Waals surface area contributed by atoms with E-state index in [1.54, 1.807) is 0 Å². The van der Waals surface area contributed by atoms with Crippen LogP contribution < -0.4 is 0 Å². The van der Waals surface area contributed by atoms with E-state index in [2.05, 4.69) is 40.2 Å². The number of carbonyl (C=O) groups is 1. The first-order valence-electron chi connectivity index (χ1n) is 9.21. The molecule has 1 amide bonds. The summed E-state index contributed by atoms with van der Waals surface area (Å²) in [7, 11) is 0. The van der Waals surface area contributed by atoms with E-state index >= 15 is 0 Å². The van der Waals surface area contributed by atoms with Gasteiger partial charge >= 0.3 is 0 Å². The van der Waals surface area contributed by atoms with E-state index in [1.165, 1.54) is 5.56 Å². The molecule has 0 bridgehead atoms. The Hall–Kier alpha value is -2.66. The van der Waals surface area contributed by atoms with Crippen molar-refractivity contribution in [3.05, 3.63) is 71.7 Å². The Balaban J connectivity index is 1.35. The molecule has 1 aliphatic heterocycles. The van der Waals surface area contributed by atoms with Crippen LogP contribution >= 0.6 is 0 Å². The number of hydrogen-bond donors (Lipinski definition) is 0. The number of carbonyl (C=O) groups excluding carboxylic acids is 1. The molecule has 0 spiro atoms. The number of nitrogens with zero attached hydrogens (tertiary/aromatic N) is 4. The topological polar surface area (TPSA) is 40.9 Å². The first-order chi connectivity index (χ1) is 12.7. The SMILES string of the molecule is Cc1cccc2nc(C(=O)N3CCN(CCc4ccccc4)CC3)cn12. The van der Waals surface area contributed by atoms with Crippen LogP contribution in [0.1, 0.15) is 21.7 Å². The molecule has 0 saturated carbocycles. The minimum Gasteiger partial charge on any atom is -0.335 e. The van der Waals surface area contributed by atoms with Gasteiger partial charge in [-0.1, -0.05) is 36.4 Å². The van der Waals surface area contributed by atoms with Crippen LogP contribution in [0.25, 0.3) is 5.65 Å². The van der Waals surface area contributed by atoms with Crippen molar-refractivity contribution in [2.75, 3.05) is 32.7 Å². The number of pyridine rings is 1. The molecule has 5 nitrogen and oxygen atoms in total. The van der Waals surface area contributed by atoms with Gasteiger partial charge in [0.1, 0.15) is 11.3 Å². The summed E-state index contributed by atoms with van der Waals surface area (Å²) in [6.07, 6.45) is 2.91. The van der Waals surface area contributed by atoms with E-state index in [1.807, 2.05) is 40.6 Å². The van der Waals surface area contributed by atoms with Gasteiger partial charge in [-0.05, 0) is 31.0 Å². The summed E-state index contributed by atoms with van der Waals surface area (Å²) >= 11 is 0. The minimum atomic E-state index is 0.0378. The molecule has 0 atom stereocenters. The molecule has 3 aromatic rings. The van der Waals surface area contributed by atoms with Crippen LogP contribution in [0.3, 0.4) is 0 Å². The fraction of sp³-hybridized carbons (Fsp3) is 0.333. The average Bonchev–Trinajstić information content (AvgIpc) is 3.13. The average molecular weight is 348 g/mol. The van der Waals surface area contributed by atoms with Crippen molar-refractivity contribution in [1.82, 2.24) is 19.2 Å². The molecule has 4 rings (SSSR count). The molecule has 3 heterocycles. The number of aryl methyl sites for hydroxylation is 1. The van der Waals surface area contributed by atoms with Crippen LogP contribution in [-0.4, -0.2) is 57.8 Å². The maximum atomic E-state index is 12.8. The fourth-order valence-electron chi connectivity index (χ4n) is 3.52. The predicted molar refractivity (Wildman–Crippen MR) is 102 cm³/mol. The zero-order valence-electron chi connectivity index (χ0n) is 15.1. The number of hydrogen-bond acceptors (Lipinski definition) is 3. The molecule has 0 radical (unpaired) electrons. The lowest BCUT2D eigenvalue weighted by Crippen LogP contribution is -2.49. The molecule has 2 aromatic heterocycles. The maximum Gasteiger partial charge on any atom is 0.274 e. The van der Waals surface area contributed by atoms with E-state index in [0.29, 0.717) is 5.69 Å². The van der Waals surface area contributed by atoms with E-state index in [4.69, 9.17) is 0 Å². The third-order valence-electron chi connectivity index (χ3n) is 5.13. The van der Waals surface area contributed by atoms with Crippen molar-refractivity contribution in [1.29, 1.82) is 0 Å². The lowest BCUT2D eigenvalue weighted by atomic mass is 10.1. The standard InChI is InChI=1S/C21H24N4O/c1-17-6-5-9-20-22-19(16-25(17)20)21(26)24-14-12-23(13-15-24)11-10-18-7-3-2-4-8-18/h2-9,16H,10-15H2,1H3. The lowest BCUT2D eigenvalue weighted by molar-refractivity contribution is 0.0633. The van der Waals surface area contributed by atoms with Crippen molar-refractivity contribution in [2.24, 2.45) is 0 Å². The summed E-state index contributed by atoms with van der Waals surface area (Å²) in [5.41, 5.74) is 3.82. The Morgan fingerprint density at radius 1 is 1.00 bits per heavy atom. The number of benzene rings is 1. The van der Waals surface area contributed by atoms with Gasteiger partial charge in [0, 0.05) is 44.6 Å². The van der Waals surface area contributed by atoms with Crippen LogP contribution in [0.4, 0.5) is 0 Å². The minimum absolute atomic E-state index is 0.0378. The zero-order chi connectivity index (χ0) is 17.9. The van der Waals surface area contributed by atoms with Gasteiger partial charge in [-0.25, -0.2) is 4.98 Å². The molecule has 26 heavy (non-hydrogen) atoms. The predicted octanol–water partition coefficient (Wildman–Crippen LogP) is 2.64. The second-order valence-corrected chi connectivity index (χ2v) is 6.89. The Morgan fingerprint density at radius 3 is 2.50 bits per heavy atom. The highest BCUT2D eigenvalue weighted by atomic mass is 16.2. The molecule has 0 aliphatic carbocycles. The zero-order valence-corrected chi connectivity index (χ0v) is 15.1. The van der Waals surface area contributed by atoms with Crippen LogP contribution in [0.15, 0.2) is 54.7 Å². The number of aromatic nitrogens is 2. The Morgan fingerprint density at radius 2 is 1.77 bits per heavy atom. The van der Waals surface area contributed by atoms with Gasteiger partial charge in [0.25, 0.3) is 5.91 Å². The number of rotatable bonds is 4. The van der Waals surface area contributed by atoms with E-state index in [9.17, 15) is 4.79 Å². The molecule has 1 aliphatic rings. The van der Waals surface area contributed by atoms with Crippen LogP contribution in [0.2, 0.25) is 0 Å². The Labute approximate surface area is 153 Å². The highest BCUT2D eigenvalue weighted by Crippen LogP contribution is 2.12.